The number of aromatic nitrogens is 2. The lowest BCUT2D eigenvalue weighted by Gasteiger charge is -2.30. The Hall–Kier alpha value is -1.23. The molecule has 0 bridgehead atoms. The summed E-state index contributed by atoms with van der Waals surface area (Å²) in [6, 6.07) is 0.404. The lowest BCUT2D eigenvalue weighted by atomic mass is 10.2. The molecule has 18 heavy (non-hydrogen) atoms. The fourth-order valence-corrected chi connectivity index (χ4v) is 1.94. The topological polar surface area (TPSA) is 55.0 Å². The Labute approximate surface area is 115 Å². The van der Waals surface area contributed by atoms with Crippen LogP contribution in [0.3, 0.4) is 0 Å². The molecule has 1 heterocycles. The van der Waals surface area contributed by atoms with E-state index in [1.807, 2.05) is 0 Å². The van der Waals surface area contributed by atoms with E-state index >= 15 is 0 Å². The molecule has 0 fully saturated rings. The standard InChI is InChI=1S/C13H22N4S/c1-4-6-9-17(10(3)5-2)13-11(12(14)18)15-7-8-16-13/h7-8,10H,4-6,9H2,1-3H3,(H2,14,18). The lowest BCUT2D eigenvalue weighted by molar-refractivity contribution is 0.588. The van der Waals surface area contributed by atoms with Gasteiger partial charge in [0.15, 0.2) is 5.82 Å². The van der Waals surface area contributed by atoms with Gasteiger partial charge in [0, 0.05) is 25.0 Å². The number of unbranched alkanes of at least 4 members (excludes halogenated alkanes) is 1. The highest BCUT2D eigenvalue weighted by Crippen LogP contribution is 2.19. The third-order valence-electron chi connectivity index (χ3n) is 3.06. The van der Waals surface area contributed by atoms with Crippen molar-refractivity contribution in [3.63, 3.8) is 0 Å². The number of hydrogen-bond acceptors (Lipinski definition) is 4. The fourth-order valence-electron chi connectivity index (χ4n) is 1.80. The average Bonchev–Trinajstić information content (AvgIpc) is 2.39. The van der Waals surface area contributed by atoms with E-state index in [9.17, 15) is 0 Å². The first-order chi connectivity index (χ1) is 8.61. The maximum atomic E-state index is 5.72. The van der Waals surface area contributed by atoms with Crippen LogP contribution in [-0.2, 0) is 0 Å². The van der Waals surface area contributed by atoms with Crippen molar-refractivity contribution in [1.82, 2.24) is 9.97 Å². The Kier molecular flexibility index (Phi) is 5.98. The van der Waals surface area contributed by atoms with E-state index in [0.717, 1.165) is 31.6 Å². The molecule has 1 atom stereocenters. The second-order valence-corrected chi connectivity index (χ2v) is 4.84. The summed E-state index contributed by atoms with van der Waals surface area (Å²) >= 11 is 5.05. The molecule has 0 aliphatic rings. The molecule has 100 valence electrons. The highest BCUT2D eigenvalue weighted by atomic mass is 32.1. The molecule has 0 spiro atoms. The van der Waals surface area contributed by atoms with E-state index in [1.165, 1.54) is 0 Å². The highest BCUT2D eigenvalue weighted by molar-refractivity contribution is 7.80. The minimum absolute atomic E-state index is 0.308. The van der Waals surface area contributed by atoms with Crippen LogP contribution in [0.15, 0.2) is 12.4 Å². The van der Waals surface area contributed by atoms with Gasteiger partial charge in [0.25, 0.3) is 0 Å². The van der Waals surface area contributed by atoms with Gasteiger partial charge in [-0.3, -0.25) is 0 Å². The van der Waals surface area contributed by atoms with Crippen molar-refractivity contribution < 1.29 is 0 Å². The normalized spacial score (nSPS) is 12.2. The van der Waals surface area contributed by atoms with Crippen LogP contribution in [0.1, 0.15) is 45.7 Å². The molecule has 0 amide bonds. The number of anilines is 1. The number of nitrogens with zero attached hydrogens (tertiary/aromatic N) is 3. The summed E-state index contributed by atoms with van der Waals surface area (Å²) in [7, 11) is 0. The molecule has 2 N–H and O–H groups in total. The van der Waals surface area contributed by atoms with Crippen molar-refractivity contribution in [3.05, 3.63) is 18.1 Å². The SMILES string of the molecule is CCCCN(c1nccnc1C(N)=S)C(C)CC. The van der Waals surface area contributed by atoms with Crippen LogP contribution >= 0.6 is 12.2 Å². The van der Waals surface area contributed by atoms with Crippen LogP contribution < -0.4 is 10.6 Å². The number of rotatable bonds is 7. The lowest BCUT2D eigenvalue weighted by Crippen LogP contribution is -2.36. The van der Waals surface area contributed by atoms with Gasteiger partial charge >= 0.3 is 0 Å². The van der Waals surface area contributed by atoms with Crippen molar-refractivity contribution in [1.29, 1.82) is 0 Å². The van der Waals surface area contributed by atoms with Gasteiger partial charge in [-0.25, -0.2) is 9.97 Å². The predicted molar refractivity (Wildman–Crippen MR) is 79.9 cm³/mol. The van der Waals surface area contributed by atoms with Crippen molar-refractivity contribution in [2.75, 3.05) is 11.4 Å². The number of nitrogens with two attached hydrogens (primary N) is 1. The summed E-state index contributed by atoms with van der Waals surface area (Å²) in [5, 5.41) is 0. The van der Waals surface area contributed by atoms with Crippen molar-refractivity contribution >= 4 is 23.0 Å². The quantitative estimate of drug-likeness (QED) is 0.769. The Morgan fingerprint density at radius 2 is 2.06 bits per heavy atom. The van der Waals surface area contributed by atoms with Gasteiger partial charge in [0.1, 0.15) is 10.7 Å². The Morgan fingerprint density at radius 1 is 1.39 bits per heavy atom. The highest BCUT2D eigenvalue weighted by Gasteiger charge is 2.19. The summed E-state index contributed by atoms with van der Waals surface area (Å²) < 4.78 is 0. The van der Waals surface area contributed by atoms with E-state index in [1.54, 1.807) is 12.4 Å². The molecule has 0 aliphatic heterocycles. The zero-order chi connectivity index (χ0) is 13.5. The van der Waals surface area contributed by atoms with Gasteiger partial charge in [-0.15, -0.1) is 0 Å². The van der Waals surface area contributed by atoms with Crippen LogP contribution in [0.4, 0.5) is 5.82 Å². The van der Waals surface area contributed by atoms with Gasteiger partial charge in [-0.1, -0.05) is 32.5 Å². The molecule has 4 nitrogen and oxygen atoms in total. The van der Waals surface area contributed by atoms with Crippen LogP contribution in [0.25, 0.3) is 0 Å². The molecule has 5 heteroatoms. The summed E-state index contributed by atoms with van der Waals surface area (Å²) in [5.41, 5.74) is 6.35. The van der Waals surface area contributed by atoms with Crippen molar-refractivity contribution in [2.45, 2.75) is 46.1 Å². The summed E-state index contributed by atoms with van der Waals surface area (Å²) in [5.74, 6) is 0.813. The summed E-state index contributed by atoms with van der Waals surface area (Å²) in [4.78, 5) is 11.2. The maximum absolute atomic E-state index is 5.72. The smallest absolute Gasteiger partial charge is 0.157 e. The van der Waals surface area contributed by atoms with Crippen LogP contribution in [0.2, 0.25) is 0 Å². The fraction of sp³-hybridized carbons (Fsp3) is 0.615. The largest absolute Gasteiger partial charge is 0.388 e. The van der Waals surface area contributed by atoms with E-state index in [2.05, 4.69) is 35.6 Å². The Bertz CT molecular complexity index is 394. The first-order valence-corrected chi connectivity index (χ1v) is 6.90. The second kappa shape index (κ2) is 7.26. The Balaban J connectivity index is 3.07. The third-order valence-corrected chi connectivity index (χ3v) is 3.25. The summed E-state index contributed by atoms with van der Waals surface area (Å²) in [6.07, 6.45) is 6.65. The van der Waals surface area contributed by atoms with Gasteiger partial charge in [-0.2, -0.15) is 0 Å². The molecular weight excluding hydrogens is 244 g/mol. The van der Waals surface area contributed by atoms with E-state index in [4.69, 9.17) is 18.0 Å². The molecule has 1 aromatic rings. The maximum Gasteiger partial charge on any atom is 0.157 e. The molecule has 0 aromatic carbocycles. The zero-order valence-electron chi connectivity index (χ0n) is 11.4. The minimum Gasteiger partial charge on any atom is -0.388 e. The second-order valence-electron chi connectivity index (χ2n) is 4.40. The van der Waals surface area contributed by atoms with Crippen LogP contribution in [-0.4, -0.2) is 27.5 Å². The zero-order valence-corrected chi connectivity index (χ0v) is 12.2. The van der Waals surface area contributed by atoms with E-state index in [-0.39, 0.29) is 0 Å². The van der Waals surface area contributed by atoms with Gasteiger partial charge in [0.2, 0.25) is 0 Å². The van der Waals surface area contributed by atoms with Crippen molar-refractivity contribution in [3.8, 4) is 0 Å². The Morgan fingerprint density at radius 3 is 2.61 bits per heavy atom. The molecule has 0 saturated carbocycles. The van der Waals surface area contributed by atoms with Gasteiger partial charge in [0.05, 0.1) is 0 Å². The monoisotopic (exact) mass is 266 g/mol. The summed E-state index contributed by atoms with van der Waals surface area (Å²) in [6.45, 7) is 7.49. The first kappa shape index (κ1) is 14.8. The van der Waals surface area contributed by atoms with E-state index in [0.29, 0.717) is 16.7 Å². The number of hydrogen-bond donors (Lipinski definition) is 1. The van der Waals surface area contributed by atoms with Crippen molar-refractivity contribution in [2.24, 2.45) is 5.73 Å². The molecule has 0 aliphatic carbocycles. The van der Waals surface area contributed by atoms with E-state index < -0.39 is 0 Å². The molecular formula is C13H22N4S. The first-order valence-electron chi connectivity index (χ1n) is 6.49. The van der Waals surface area contributed by atoms with Gasteiger partial charge < -0.3 is 10.6 Å². The van der Waals surface area contributed by atoms with Crippen LogP contribution in [0, 0.1) is 0 Å². The third kappa shape index (κ3) is 3.63. The molecule has 1 aromatic heterocycles. The molecule has 0 radical (unpaired) electrons. The average molecular weight is 266 g/mol. The van der Waals surface area contributed by atoms with Gasteiger partial charge in [-0.05, 0) is 19.8 Å². The molecule has 0 saturated heterocycles. The number of thiocarbonyl (C=S) groups is 1. The van der Waals surface area contributed by atoms with Crippen LogP contribution in [0.5, 0.6) is 0 Å². The molecule has 1 unspecified atom stereocenters. The predicted octanol–water partition coefficient (Wildman–Crippen LogP) is 2.52. The molecule has 1 rings (SSSR count). The minimum atomic E-state index is 0.308.